The van der Waals surface area contributed by atoms with E-state index >= 15 is 0 Å². The van der Waals surface area contributed by atoms with Crippen LogP contribution < -0.4 is 37.4 Å². The molecule has 0 bridgehead atoms. The molecule has 4 aliphatic heterocycles. The van der Waals surface area contributed by atoms with Crippen LogP contribution in [-0.4, -0.2) is 242 Å². The SMILES string of the molecule is CCNC1CCN(c2cc(C)c3nc(-c4cc5c(C)nc(C)cn5n4)cc(=O)n3c2)CC1.Cc1cn2cc(-c3cc(=O)n4cc(C5CCN(C(C)C)CC5)ncc4n3)cc(Cl)c2n1.Cc1cn2cc(-c3cc(=O)n4cc(C5CCN(CCO)CC5)ncc4n3)cc(C)c2n1.Cc1cn2nc(-c3cc(=O)n4cc(N5CCC(N(CCO)CCO)CC5)cc(C)c4n3)cc2c(C)n1. The number of rotatable bonds is 18. The second-order valence-corrected chi connectivity index (χ2v) is 35.7. The third-order valence-electron chi connectivity index (χ3n) is 25.7. The van der Waals surface area contributed by atoms with Crippen molar-refractivity contribution in [2.24, 2.45) is 0 Å². The van der Waals surface area contributed by atoms with Gasteiger partial charge in [-0.15, -0.1) is 0 Å². The Bertz CT molecular complexity index is 7150. The van der Waals surface area contributed by atoms with E-state index in [1.54, 1.807) is 64.8 Å². The van der Waals surface area contributed by atoms with Gasteiger partial charge in [0.1, 0.15) is 28.3 Å². The van der Waals surface area contributed by atoms with Crippen LogP contribution in [0.4, 0.5) is 11.4 Å². The molecule has 20 rings (SSSR count). The summed E-state index contributed by atoms with van der Waals surface area (Å²) in [6.45, 7) is 35.2. The molecule has 0 amide bonds. The number of aromatic nitrogens is 20. The predicted molar refractivity (Wildman–Crippen MR) is 505 cm³/mol. The maximum absolute atomic E-state index is 13.2. The molecule has 0 radical (unpaired) electrons. The molecule has 0 unspecified atom stereocenters. The maximum atomic E-state index is 13.2. The van der Waals surface area contributed by atoms with Crippen LogP contribution >= 0.6 is 11.6 Å². The lowest BCUT2D eigenvalue weighted by Crippen LogP contribution is -2.47. The second-order valence-electron chi connectivity index (χ2n) is 35.3. The van der Waals surface area contributed by atoms with E-state index in [1.807, 2.05) is 156 Å². The molecule has 4 N–H and O–H groups in total. The number of aryl methyl sites for hydroxylation is 9. The fraction of sp³-hybridized carbons (Fsp3) is 0.417. The minimum absolute atomic E-state index is 0.0904. The second kappa shape index (κ2) is 38.3. The lowest BCUT2D eigenvalue weighted by molar-refractivity contribution is 0.108. The molecule has 0 spiro atoms. The molecule has 4 fully saturated rings. The molecule has 20 heterocycles. The average molecular weight is 1780 g/mol. The predicted octanol–water partition coefficient (Wildman–Crippen LogP) is 10.6. The first-order valence-corrected chi connectivity index (χ1v) is 45.5. The zero-order valence-corrected chi connectivity index (χ0v) is 76.6. The van der Waals surface area contributed by atoms with Crippen molar-refractivity contribution in [2.75, 3.05) is 108 Å². The number of aliphatic hydroxyl groups excluding tert-OH is 3. The Morgan fingerprint density at radius 3 is 1.35 bits per heavy atom. The highest BCUT2D eigenvalue weighted by Gasteiger charge is 2.29. The number of aliphatic hydroxyl groups is 3. The van der Waals surface area contributed by atoms with Crippen molar-refractivity contribution >= 4 is 67.9 Å². The molecule has 130 heavy (non-hydrogen) atoms. The zero-order chi connectivity index (χ0) is 91.0. The summed E-state index contributed by atoms with van der Waals surface area (Å²) in [4.78, 5) is 110. The molecule has 0 saturated carbocycles. The van der Waals surface area contributed by atoms with Crippen molar-refractivity contribution in [3.05, 3.63) is 244 Å². The number of fused-ring (bicyclic) bond motifs is 8. The molecule has 16 aromatic heterocycles. The molecule has 33 nitrogen and oxygen atoms in total. The Kier molecular flexibility index (Phi) is 26.4. The van der Waals surface area contributed by atoms with E-state index in [-0.39, 0.29) is 42.1 Å². The van der Waals surface area contributed by atoms with Gasteiger partial charge in [-0.1, -0.05) is 18.5 Å². The molecular formula is C96H113ClN26O7. The minimum Gasteiger partial charge on any atom is -0.395 e. The first kappa shape index (κ1) is 89.5. The van der Waals surface area contributed by atoms with Crippen LogP contribution in [-0.2, 0) is 0 Å². The first-order valence-electron chi connectivity index (χ1n) is 45.1. The van der Waals surface area contributed by atoms with Crippen LogP contribution in [0.25, 0.3) is 90.2 Å². The van der Waals surface area contributed by atoms with Crippen molar-refractivity contribution in [1.29, 1.82) is 0 Å². The summed E-state index contributed by atoms with van der Waals surface area (Å²) >= 11 is 6.41. The summed E-state index contributed by atoms with van der Waals surface area (Å²) in [7, 11) is 0. The van der Waals surface area contributed by atoms with Crippen molar-refractivity contribution < 1.29 is 15.3 Å². The number of likely N-dealkylation sites (tertiary alicyclic amines) is 2. The van der Waals surface area contributed by atoms with E-state index in [9.17, 15) is 29.4 Å². The van der Waals surface area contributed by atoms with Gasteiger partial charge in [0, 0.05) is 161 Å². The number of halogens is 1. The molecule has 676 valence electrons. The first-order chi connectivity index (χ1) is 62.7. The van der Waals surface area contributed by atoms with E-state index < -0.39 is 0 Å². The lowest BCUT2D eigenvalue weighted by atomic mass is 9.93. The van der Waals surface area contributed by atoms with Crippen molar-refractivity contribution in [1.82, 2.24) is 115 Å². The standard InChI is InChI=1S/C26H33N7O3.C24H29N7O.C23H25ClN6O.C23H26N6O2/c1-17-12-21(30-6-4-20(5-7-30)31(8-10-34)9-11-35)16-32-25(36)14-22(28-26(17)32)23-13-24-19(3)27-18(2)15-33(24)29-23;1-5-25-18-6-8-29(9-7-18)19-10-15(2)24-27-20(12-23(32)30(24)14-19)21-11-22-17(4)26-16(3)13-31(22)28-21;1-14(2)28-6-4-16(5-7-28)20-13-30-21(10-25-20)27-19(9-22(30)31)17-8-18(24)23-26-15(3)11-29(23)12-17;1-15-9-18(13-28-12-16(2)25-23(15)28)19-10-22(31)29-14-20(24-11-21(29)26-19)17-3-5-27(6-4-17)7-8-30/h12-16,20,34-35H,4-11H2,1-3H3;10-14,18,25H,5-9H2,1-4H3;8-14,16H,4-7H2,1-3H3;9-14,17,30H,3-8H2,1-2H3. The van der Waals surface area contributed by atoms with E-state index in [0.717, 1.165) is 212 Å². The highest BCUT2D eigenvalue weighted by Crippen LogP contribution is 2.34. The smallest absolute Gasteiger partial charge is 0.258 e. The number of imidazole rings is 2. The van der Waals surface area contributed by atoms with Crippen LogP contribution in [0.1, 0.15) is 146 Å². The molecular weight excluding hydrogens is 1660 g/mol. The highest BCUT2D eigenvalue weighted by atomic mass is 35.5. The Hall–Kier alpha value is -12.5. The third kappa shape index (κ3) is 19.1. The third-order valence-corrected chi connectivity index (χ3v) is 26.0. The topological polar surface area (TPSA) is 347 Å². The quantitative estimate of drug-likeness (QED) is 0.0620. The van der Waals surface area contributed by atoms with E-state index in [1.165, 1.54) is 0 Å². The molecule has 4 saturated heterocycles. The van der Waals surface area contributed by atoms with Gasteiger partial charge in [0.15, 0.2) is 16.9 Å². The molecule has 34 heteroatoms. The molecule has 0 aromatic carbocycles. The van der Waals surface area contributed by atoms with Gasteiger partial charge in [0.2, 0.25) is 0 Å². The lowest BCUT2D eigenvalue weighted by Gasteiger charge is -2.39. The van der Waals surface area contributed by atoms with Gasteiger partial charge in [-0.2, -0.15) is 10.2 Å². The van der Waals surface area contributed by atoms with Gasteiger partial charge in [-0.3, -0.25) is 61.6 Å². The van der Waals surface area contributed by atoms with Gasteiger partial charge < -0.3 is 49.0 Å². The van der Waals surface area contributed by atoms with Gasteiger partial charge in [-0.25, -0.2) is 38.9 Å². The van der Waals surface area contributed by atoms with Crippen LogP contribution in [0, 0.1) is 62.3 Å². The summed E-state index contributed by atoms with van der Waals surface area (Å²) < 4.78 is 13.9. The monoisotopic (exact) mass is 1780 g/mol. The zero-order valence-electron chi connectivity index (χ0n) is 75.9. The number of hydrogen-bond acceptors (Lipinski definition) is 25. The molecule has 0 aliphatic carbocycles. The summed E-state index contributed by atoms with van der Waals surface area (Å²) in [5, 5.41) is 41.2. The molecule has 4 aliphatic rings. The number of β-amino-alcohol motifs (C(OH)–C–C–N with tert-alkyl or cyclic N) is 1. The number of piperidine rings is 4. The van der Waals surface area contributed by atoms with Crippen LogP contribution in [0.5, 0.6) is 0 Å². The van der Waals surface area contributed by atoms with Crippen molar-refractivity contribution in [2.45, 2.75) is 164 Å². The van der Waals surface area contributed by atoms with Gasteiger partial charge in [0.25, 0.3) is 22.2 Å². The Morgan fingerprint density at radius 1 is 0.431 bits per heavy atom. The van der Waals surface area contributed by atoms with E-state index in [2.05, 4.69) is 108 Å². The number of hydrogen-bond donors (Lipinski definition) is 4. The largest absolute Gasteiger partial charge is 0.395 e. The summed E-state index contributed by atoms with van der Waals surface area (Å²) in [6.07, 6.45) is 30.5. The van der Waals surface area contributed by atoms with Crippen LogP contribution in [0.2, 0.25) is 5.02 Å². The number of anilines is 2. The Labute approximate surface area is 756 Å². The normalized spacial score (nSPS) is 15.5. The van der Waals surface area contributed by atoms with Crippen molar-refractivity contribution in [3.63, 3.8) is 0 Å². The fourth-order valence-electron chi connectivity index (χ4n) is 18.9. The fourth-order valence-corrected chi connectivity index (χ4v) is 19.2. The summed E-state index contributed by atoms with van der Waals surface area (Å²) in [6, 6.07) is 19.6. The summed E-state index contributed by atoms with van der Waals surface area (Å²) in [5.41, 5.74) is 22.9. The van der Waals surface area contributed by atoms with Crippen molar-refractivity contribution in [3.8, 4) is 45.3 Å². The van der Waals surface area contributed by atoms with E-state index in [0.29, 0.717) is 117 Å². The van der Waals surface area contributed by atoms with Gasteiger partial charge in [0.05, 0.1) is 140 Å². The van der Waals surface area contributed by atoms with Crippen LogP contribution in [0.15, 0.2) is 154 Å². The number of nitrogens with zero attached hydrogens (tertiary/aromatic N) is 25. The van der Waals surface area contributed by atoms with Gasteiger partial charge in [-0.05, 0) is 213 Å². The Balaban J connectivity index is 0.000000122. The summed E-state index contributed by atoms with van der Waals surface area (Å²) in [5.74, 6) is 0.692. The van der Waals surface area contributed by atoms with Crippen LogP contribution in [0.3, 0.4) is 0 Å². The highest BCUT2D eigenvalue weighted by molar-refractivity contribution is 6.33. The average Bonchev–Trinajstić information content (AvgIpc) is 1.19. The molecule has 0 atom stereocenters. The number of pyridine rings is 4. The molecule has 16 aromatic rings. The van der Waals surface area contributed by atoms with E-state index in [4.69, 9.17) is 31.7 Å². The van der Waals surface area contributed by atoms with Gasteiger partial charge >= 0.3 is 0 Å². The minimum atomic E-state index is -0.144. The number of nitrogens with one attached hydrogen (secondary N) is 1. The Morgan fingerprint density at radius 2 is 0.869 bits per heavy atom. The maximum Gasteiger partial charge on any atom is 0.258 e.